The van der Waals surface area contributed by atoms with Gasteiger partial charge in [0.05, 0.1) is 6.61 Å². The van der Waals surface area contributed by atoms with Gasteiger partial charge in [0, 0.05) is 24.5 Å². The molecule has 5 nitrogen and oxygen atoms in total. The third kappa shape index (κ3) is 2.42. The highest BCUT2D eigenvalue weighted by atomic mass is 32.1. The highest BCUT2D eigenvalue weighted by Gasteiger charge is 2.53. The van der Waals surface area contributed by atoms with Crippen molar-refractivity contribution in [2.24, 2.45) is 5.92 Å². The standard InChI is InChI=1S/C16H19BN2O3S/c17-10-3-4-12-11(6-10)16(14(20)18-15(23)19-16)7-13(22-12)9-2-1-5-21-8-9/h3-4,6,9,13H,1-2,5,7-8,17H2,(H2,18,19,20,23). The Hall–Kier alpha value is -1.60. The zero-order chi connectivity index (χ0) is 16.0. The molecule has 2 saturated heterocycles. The number of carbonyl (C=O) groups excluding carboxylic acids is 1. The Morgan fingerprint density at radius 3 is 2.96 bits per heavy atom. The summed E-state index contributed by atoms with van der Waals surface area (Å²) in [5.74, 6) is 0.989. The molecule has 1 amide bonds. The number of fused-ring (bicyclic) bond motifs is 2. The van der Waals surface area contributed by atoms with E-state index in [1.165, 1.54) is 0 Å². The normalized spacial score (nSPS) is 32.9. The molecule has 3 aliphatic heterocycles. The topological polar surface area (TPSA) is 59.6 Å². The molecule has 0 radical (unpaired) electrons. The summed E-state index contributed by atoms with van der Waals surface area (Å²) < 4.78 is 11.9. The Morgan fingerprint density at radius 2 is 2.26 bits per heavy atom. The maximum Gasteiger partial charge on any atom is 0.256 e. The van der Waals surface area contributed by atoms with Gasteiger partial charge in [-0.25, -0.2) is 0 Å². The Bertz CT molecular complexity index is 677. The number of hydrogen-bond donors (Lipinski definition) is 2. The third-order valence-electron chi connectivity index (χ3n) is 5.04. The minimum absolute atomic E-state index is 0.0512. The molecule has 1 aromatic rings. The first-order chi connectivity index (χ1) is 11.1. The first kappa shape index (κ1) is 15.0. The van der Waals surface area contributed by atoms with Gasteiger partial charge >= 0.3 is 0 Å². The summed E-state index contributed by atoms with van der Waals surface area (Å²) in [6, 6.07) is 5.99. The molecule has 3 aliphatic rings. The molecule has 3 atom stereocenters. The van der Waals surface area contributed by atoms with Crippen molar-refractivity contribution in [1.82, 2.24) is 10.6 Å². The van der Waals surface area contributed by atoms with Crippen LogP contribution >= 0.6 is 12.2 Å². The second-order valence-corrected chi connectivity index (χ2v) is 7.06. The van der Waals surface area contributed by atoms with Crippen molar-refractivity contribution in [3.8, 4) is 5.75 Å². The fourth-order valence-corrected chi connectivity index (χ4v) is 4.11. The van der Waals surface area contributed by atoms with E-state index in [9.17, 15) is 4.79 Å². The second-order valence-electron chi connectivity index (χ2n) is 6.65. The average molecular weight is 330 g/mol. The molecule has 3 unspecified atom stereocenters. The van der Waals surface area contributed by atoms with Crippen LogP contribution in [0.25, 0.3) is 0 Å². The molecular formula is C16H19BN2O3S. The van der Waals surface area contributed by atoms with E-state index in [4.69, 9.17) is 21.7 Å². The number of carbonyl (C=O) groups is 1. The van der Waals surface area contributed by atoms with Crippen molar-refractivity contribution in [2.45, 2.75) is 30.9 Å². The summed E-state index contributed by atoms with van der Waals surface area (Å²) in [6.07, 6.45) is 2.62. The van der Waals surface area contributed by atoms with Crippen LogP contribution in [0.5, 0.6) is 5.75 Å². The van der Waals surface area contributed by atoms with Crippen molar-refractivity contribution < 1.29 is 14.3 Å². The number of amides is 1. The van der Waals surface area contributed by atoms with Crippen molar-refractivity contribution in [3.63, 3.8) is 0 Å². The van der Waals surface area contributed by atoms with Crippen LogP contribution in [0, 0.1) is 5.92 Å². The van der Waals surface area contributed by atoms with E-state index < -0.39 is 5.54 Å². The van der Waals surface area contributed by atoms with Crippen molar-refractivity contribution >= 4 is 36.5 Å². The van der Waals surface area contributed by atoms with Gasteiger partial charge in [0.15, 0.2) is 10.7 Å². The highest BCUT2D eigenvalue weighted by Crippen LogP contribution is 2.43. The SMILES string of the molecule is Bc1ccc2c(c1)C1(CC(C3CCCOC3)O2)NC(=S)NC1=O. The lowest BCUT2D eigenvalue weighted by molar-refractivity contribution is -0.127. The maximum atomic E-state index is 12.7. The second kappa shape index (κ2) is 5.49. The molecular weight excluding hydrogens is 311 g/mol. The smallest absolute Gasteiger partial charge is 0.256 e. The van der Waals surface area contributed by atoms with E-state index in [0.717, 1.165) is 36.2 Å². The van der Waals surface area contributed by atoms with Crippen LogP contribution in [-0.4, -0.2) is 38.2 Å². The van der Waals surface area contributed by atoms with Gasteiger partial charge in [0.2, 0.25) is 0 Å². The minimum atomic E-state index is -0.821. The lowest BCUT2D eigenvalue weighted by atomic mass is 9.76. The molecule has 1 spiro atoms. The molecule has 0 bridgehead atoms. The van der Waals surface area contributed by atoms with Crippen LogP contribution in [0.15, 0.2) is 18.2 Å². The van der Waals surface area contributed by atoms with Gasteiger partial charge in [-0.15, -0.1) is 0 Å². The molecule has 2 N–H and O–H groups in total. The molecule has 120 valence electrons. The summed E-state index contributed by atoms with van der Waals surface area (Å²) in [5, 5.41) is 6.37. The Balaban J connectivity index is 1.76. The largest absolute Gasteiger partial charge is 0.490 e. The monoisotopic (exact) mass is 330 g/mol. The number of hydrogen-bond acceptors (Lipinski definition) is 4. The maximum absolute atomic E-state index is 12.7. The van der Waals surface area contributed by atoms with E-state index in [1.807, 2.05) is 26.0 Å². The number of thiocarbonyl (C=S) groups is 1. The van der Waals surface area contributed by atoms with Crippen LogP contribution < -0.4 is 20.8 Å². The van der Waals surface area contributed by atoms with Crippen molar-refractivity contribution in [2.75, 3.05) is 13.2 Å². The predicted octanol–water partition coefficient (Wildman–Crippen LogP) is -0.278. The van der Waals surface area contributed by atoms with Crippen molar-refractivity contribution in [1.29, 1.82) is 0 Å². The van der Waals surface area contributed by atoms with Crippen LogP contribution in [0.1, 0.15) is 24.8 Å². The molecule has 23 heavy (non-hydrogen) atoms. The number of rotatable bonds is 1. The Kier molecular flexibility index (Phi) is 3.57. The van der Waals surface area contributed by atoms with Crippen LogP contribution in [-0.2, 0) is 15.1 Å². The Morgan fingerprint density at radius 1 is 1.39 bits per heavy atom. The minimum Gasteiger partial charge on any atom is -0.490 e. The lowest BCUT2D eigenvalue weighted by Crippen LogP contribution is -2.53. The number of benzene rings is 1. The molecule has 7 heteroatoms. The van der Waals surface area contributed by atoms with E-state index >= 15 is 0 Å². The van der Waals surface area contributed by atoms with Gasteiger partial charge in [0.1, 0.15) is 19.7 Å². The first-order valence-electron chi connectivity index (χ1n) is 8.08. The summed E-state index contributed by atoms with van der Waals surface area (Å²) >= 11 is 5.20. The third-order valence-corrected chi connectivity index (χ3v) is 5.25. The van der Waals surface area contributed by atoms with Gasteiger partial charge in [-0.1, -0.05) is 17.6 Å². The average Bonchev–Trinajstić information content (AvgIpc) is 2.83. The van der Waals surface area contributed by atoms with Gasteiger partial charge in [-0.05, 0) is 31.1 Å². The van der Waals surface area contributed by atoms with E-state index in [-0.39, 0.29) is 12.0 Å². The number of nitrogens with one attached hydrogen (secondary N) is 2. The van der Waals surface area contributed by atoms with Crippen LogP contribution in [0.4, 0.5) is 0 Å². The van der Waals surface area contributed by atoms with Crippen molar-refractivity contribution in [3.05, 3.63) is 23.8 Å². The molecule has 4 rings (SSSR count). The zero-order valence-corrected chi connectivity index (χ0v) is 13.9. The fraction of sp³-hybridized carbons (Fsp3) is 0.500. The van der Waals surface area contributed by atoms with Crippen LogP contribution in [0.2, 0.25) is 0 Å². The molecule has 0 aromatic heterocycles. The fourth-order valence-electron chi connectivity index (χ4n) is 3.84. The van der Waals surface area contributed by atoms with Crippen LogP contribution in [0.3, 0.4) is 0 Å². The summed E-state index contributed by atoms with van der Waals surface area (Å²) in [7, 11) is 2.01. The quantitative estimate of drug-likeness (QED) is 0.548. The Labute approximate surface area is 141 Å². The van der Waals surface area contributed by atoms with Gasteiger partial charge in [-0.3, -0.25) is 4.79 Å². The van der Waals surface area contributed by atoms with Gasteiger partial charge in [0.25, 0.3) is 5.91 Å². The van der Waals surface area contributed by atoms with E-state index in [1.54, 1.807) is 0 Å². The lowest BCUT2D eigenvalue weighted by Gasteiger charge is -2.41. The summed E-state index contributed by atoms with van der Waals surface area (Å²) in [4.78, 5) is 12.7. The first-order valence-corrected chi connectivity index (χ1v) is 8.48. The summed E-state index contributed by atoms with van der Waals surface area (Å²) in [6.45, 7) is 1.50. The number of ether oxygens (including phenoxy) is 2. The molecule has 2 fully saturated rings. The zero-order valence-electron chi connectivity index (χ0n) is 13.1. The predicted molar refractivity (Wildman–Crippen MR) is 92.8 cm³/mol. The molecule has 0 saturated carbocycles. The van der Waals surface area contributed by atoms with E-state index in [0.29, 0.717) is 24.1 Å². The molecule has 3 heterocycles. The molecule has 1 aromatic carbocycles. The van der Waals surface area contributed by atoms with Gasteiger partial charge < -0.3 is 20.1 Å². The van der Waals surface area contributed by atoms with Gasteiger partial charge in [-0.2, -0.15) is 0 Å². The highest BCUT2D eigenvalue weighted by molar-refractivity contribution is 7.80. The van der Waals surface area contributed by atoms with E-state index in [2.05, 4.69) is 10.6 Å². The summed E-state index contributed by atoms with van der Waals surface area (Å²) in [5.41, 5.74) is 1.15. The molecule has 0 aliphatic carbocycles.